The lowest BCUT2D eigenvalue weighted by atomic mass is 9.70. The van der Waals surface area contributed by atoms with Gasteiger partial charge >= 0.3 is 0 Å². The number of rotatable bonds is 1. The summed E-state index contributed by atoms with van der Waals surface area (Å²) in [5.41, 5.74) is 3.26. The quantitative estimate of drug-likeness (QED) is 0.428. The molecule has 3 aliphatic carbocycles. The maximum absolute atomic E-state index is 13.5. The predicted octanol–water partition coefficient (Wildman–Crippen LogP) is 5.07. The van der Waals surface area contributed by atoms with E-state index in [4.69, 9.17) is 25.8 Å². The van der Waals surface area contributed by atoms with Crippen LogP contribution in [0.15, 0.2) is 36.4 Å². The number of amides is 1. The highest BCUT2D eigenvalue weighted by Crippen LogP contribution is 2.77. The zero-order valence-electron chi connectivity index (χ0n) is 27.1. The van der Waals surface area contributed by atoms with Gasteiger partial charge in [0, 0.05) is 34.5 Å². The Kier molecular flexibility index (Phi) is 7.87. The predicted molar refractivity (Wildman–Crippen MR) is 178 cm³/mol. The average molecular weight is 685 g/mol. The number of fused-ring (bicyclic) bond motifs is 4. The van der Waals surface area contributed by atoms with Crippen molar-refractivity contribution in [2.75, 3.05) is 37.8 Å². The summed E-state index contributed by atoms with van der Waals surface area (Å²) in [7, 11) is -3.92. The number of benzene rings is 2. The van der Waals surface area contributed by atoms with Crippen LogP contribution < -0.4 is 14.4 Å². The van der Waals surface area contributed by atoms with Crippen LogP contribution in [0.4, 0.5) is 5.69 Å². The minimum absolute atomic E-state index is 0.142. The minimum atomic E-state index is -3.92. The van der Waals surface area contributed by atoms with Crippen molar-refractivity contribution in [3.63, 3.8) is 0 Å². The molecule has 6 aliphatic rings. The third-order valence-electron chi connectivity index (χ3n) is 12.6. The van der Waals surface area contributed by atoms with Gasteiger partial charge < -0.3 is 24.2 Å². The molecule has 254 valence electrons. The number of nitrogens with zero attached hydrogens (tertiary/aromatic N) is 1. The first kappa shape index (κ1) is 31.9. The van der Waals surface area contributed by atoms with E-state index in [0.717, 1.165) is 62.3 Å². The Morgan fingerprint density at radius 2 is 1.87 bits per heavy atom. The van der Waals surface area contributed by atoms with Crippen LogP contribution in [0.3, 0.4) is 0 Å². The van der Waals surface area contributed by atoms with Crippen molar-refractivity contribution in [3.05, 3.63) is 58.1 Å². The fraction of sp³-hybridized carbons (Fsp3) is 0.639. The van der Waals surface area contributed by atoms with Gasteiger partial charge in [0.1, 0.15) is 11.9 Å². The summed E-state index contributed by atoms with van der Waals surface area (Å²) in [6.07, 6.45) is 5.49. The van der Waals surface area contributed by atoms with E-state index >= 15 is 0 Å². The number of nitrogens with one attached hydrogen (secondary N) is 1. The lowest BCUT2D eigenvalue weighted by Gasteiger charge is -2.42. The van der Waals surface area contributed by atoms with Crippen molar-refractivity contribution < 1.29 is 32.5 Å². The van der Waals surface area contributed by atoms with E-state index < -0.39 is 27.3 Å². The van der Waals surface area contributed by atoms with Crippen LogP contribution >= 0.6 is 11.6 Å². The number of hydrogen-bond donors (Lipinski definition) is 2. The van der Waals surface area contributed by atoms with Crippen molar-refractivity contribution in [2.45, 2.75) is 81.9 Å². The molecule has 47 heavy (non-hydrogen) atoms. The molecule has 2 aromatic carbocycles. The molecule has 2 bridgehead atoms. The summed E-state index contributed by atoms with van der Waals surface area (Å²) < 4.78 is 48.3. The van der Waals surface area contributed by atoms with Gasteiger partial charge in [0.2, 0.25) is 10.0 Å². The van der Waals surface area contributed by atoms with E-state index in [2.05, 4.69) is 21.8 Å². The van der Waals surface area contributed by atoms with Crippen molar-refractivity contribution in [1.29, 1.82) is 0 Å². The van der Waals surface area contributed by atoms with Crippen molar-refractivity contribution in [1.82, 2.24) is 4.72 Å². The van der Waals surface area contributed by atoms with E-state index in [-0.39, 0.29) is 36.3 Å². The molecule has 3 heterocycles. The van der Waals surface area contributed by atoms with Crippen LogP contribution in [0.25, 0.3) is 0 Å². The third-order valence-corrected chi connectivity index (χ3v) is 14.7. The van der Waals surface area contributed by atoms with Gasteiger partial charge in [-0.05, 0) is 111 Å². The molecule has 1 spiro atoms. The van der Waals surface area contributed by atoms with Crippen LogP contribution in [-0.2, 0) is 31.3 Å². The maximum Gasteiger partial charge on any atom is 0.264 e. The first-order chi connectivity index (χ1) is 22.5. The number of carbonyl (C=O) groups excluding carboxylic acids is 1. The summed E-state index contributed by atoms with van der Waals surface area (Å²) in [5.74, 6) is 1.24. The molecule has 2 N–H and O–H groups in total. The Morgan fingerprint density at radius 3 is 2.68 bits per heavy atom. The molecule has 1 saturated heterocycles. The van der Waals surface area contributed by atoms with Crippen LogP contribution in [0.2, 0.25) is 5.02 Å². The Bertz CT molecular complexity index is 1680. The number of ether oxygens (including phenoxy) is 3. The molecule has 9 nitrogen and oxygen atoms in total. The highest BCUT2D eigenvalue weighted by molar-refractivity contribution is 7.90. The highest BCUT2D eigenvalue weighted by Gasteiger charge is 2.77. The summed E-state index contributed by atoms with van der Waals surface area (Å²) >= 11 is 6.45. The van der Waals surface area contributed by atoms with Gasteiger partial charge in [-0.15, -0.1) is 0 Å². The van der Waals surface area contributed by atoms with E-state index in [1.165, 1.54) is 11.1 Å². The molecule has 2 unspecified atom stereocenters. The zero-order valence-corrected chi connectivity index (χ0v) is 28.7. The fourth-order valence-corrected chi connectivity index (χ4v) is 11.4. The van der Waals surface area contributed by atoms with Gasteiger partial charge in [-0.25, -0.2) is 13.1 Å². The molecule has 3 fully saturated rings. The molecule has 1 amide bonds. The number of anilines is 1. The monoisotopic (exact) mass is 684 g/mol. The van der Waals surface area contributed by atoms with Crippen molar-refractivity contribution in [2.24, 2.45) is 29.1 Å². The van der Waals surface area contributed by atoms with Gasteiger partial charge in [-0.2, -0.15) is 0 Å². The lowest BCUT2D eigenvalue weighted by molar-refractivity contribution is -0.248. The first-order valence-electron chi connectivity index (χ1n) is 17.3. The lowest BCUT2D eigenvalue weighted by Crippen LogP contribution is -2.47. The molecule has 0 aromatic heterocycles. The standard InChI is InChI=1S/C36H45ClN2O7S/c1-21-5-3-12-36(34-44-17-27(40)18-45-34)29-14-25(32(29)36)16-39-19-35(11-4-6-23-13-26(37)8-9-28(23)35)20-46-31-10-7-24(15-30(31)39)33(41)38-47(42,43)22(21)2/h7-10,13,15,21-22,25,27,29,32,34,40H,3-6,11-12,14,16-20H2,1-2H3,(H,38,41)/t21-,22+,25-,27?,29?,32-,34?,35-,36?/m0/s1. The van der Waals surface area contributed by atoms with Gasteiger partial charge in [-0.1, -0.05) is 31.0 Å². The number of hydrogen-bond acceptors (Lipinski definition) is 8. The molecule has 2 saturated carbocycles. The molecule has 2 aromatic rings. The molecule has 3 aliphatic heterocycles. The first-order valence-corrected chi connectivity index (χ1v) is 19.2. The molecular formula is C36H45ClN2O7S. The number of aliphatic hydroxyl groups excluding tert-OH is 1. The van der Waals surface area contributed by atoms with Crippen molar-refractivity contribution >= 4 is 33.2 Å². The van der Waals surface area contributed by atoms with Crippen LogP contribution in [0, 0.1) is 29.1 Å². The summed E-state index contributed by atoms with van der Waals surface area (Å²) in [4.78, 5) is 15.9. The number of aliphatic hydroxyl groups is 1. The average Bonchev–Trinajstić information content (AvgIpc) is 3.62. The Hall–Kier alpha value is -2.37. The molecule has 8 rings (SSSR count). The summed E-state index contributed by atoms with van der Waals surface area (Å²) in [6.45, 7) is 6.19. The van der Waals surface area contributed by atoms with Gasteiger partial charge in [0.05, 0.1) is 30.8 Å². The fourth-order valence-electron chi connectivity index (χ4n) is 9.87. The summed E-state index contributed by atoms with van der Waals surface area (Å²) in [5, 5.41) is 10.1. The number of aryl methyl sites for hydroxylation is 1. The molecular weight excluding hydrogens is 640 g/mol. The second kappa shape index (κ2) is 11.6. The van der Waals surface area contributed by atoms with Crippen LogP contribution in [0.5, 0.6) is 5.75 Å². The molecule has 0 radical (unpaired) electrons. The largest absolute Gasteiger partial charge is 0.490 e. The SMILES string of the molecule is C[C@@H]1[C@@H](C)CCCC2(C3OCC(O)CO3)C3C[C@@H](CN4C[C@@]5(CCCc6cc(Cl)ccc65)COc5ccc(cc54)C(=O)NS1(=O)=O)[C@@H]32. The van der Waals surface area contributed by atoms with Gasteiger partial charge in [0.15, 0.2) is 6.29 Å². The number of carbonyl (C=O) groups is 1. The maximum atomic E-state index is 13.5. The van der Waals surface area contributed by atoms with E-state index in [0.29, 0.717) is 42.1 Å². The van der Waals surface area contributed by atoms with Crippen LogP contribution in [-0.4, -0.2) is 70.0 Å². The Morgan fingerprint density at radius 1 is 1.06 bits per heavy atom. The van der Waals surface area contributed by atoms with Crippen LogP contribution in [0.1, 0.15) is 73.9 Å². The highest BCUT2D eigenvalue weighted by atomic mass is 35.5. The number of halogens is 1. The molecule has 7 atom stereocenters. The minimum Gasteiger partial charge on any atom is -0.490 e. The third kappa shape index (κ3) is 5.28. The van der Waals surface area contributed by atoms with E-state index in [9.17, 15) is 18.3 Å². The Balaban J connectivity index is 1.19. The normalized spacial score (nSPS) is 39.4. The van der Waals surface area contributed by atoms with Crippen molar-refractivity contribution in [3.8, 4) is 5.75 Å². The topological polar surface area (TPSA) is 114 Å². The summed E-state index contributed by atoms with van der Waals surface area (Å²) in [6, 6.07) is 11.5. The van der Waals surface area contributed by atoms with E-state index in [1.807, 2.05) is 25.1 Å². The van der Waals surface area contributed by atoms with Gasteiger partial charge in [-0.3, -0.25) is 4.79 Å². The molecule has 11 heteroatoms. The van der Waals surface area contributed by atoms with E-state index in [1.54, 1.807) is 13.0 Å². The second-order valence-electron chi connectivity index (χ2n) is 15.2. The zero-order chi connectivity index (χ0) is 32.7. The second-order valence-corrected chi connectivity index (χ2v) is 17.7. The van der Waals surface area contributed by atoms with Gasteiger partial charge in [0.25, 0.3) is 5.91 Å². The smallest absolute Gasteiger partial charge is 0.264 e. The number of sulfonamides is 1. The Labute approximate surface area is 282 Å².